The summed E-state index contributed by atoms with van der Waals surface area (Å²) in [4.78, 5) is 11.9. The van der Waals surface area contributed by atoms with Crippen LogP contribution in [0.3, 0.4) is 0 Å². The number of aromatic amines is 1. The molecule has 2 atom stereocenters. The number of phenols is 1. The molecule has 11 heteroatoms. The van der Waals surface area contributed by atoms with Crippen LogP contribution in [0, 0.1) is 6.92 Å². The number of nitrogens with two attached hydrogens (primary N) is 1. The number of aliphatic hydroxyl groups excluding tert-OH is 1. The highest BCUT2D eigenvalue weighted by molar-refractivity contribution is 6.19. The number of nitrogens with one attached hydrogen (secondary N) is 1. The van der Waals surface area contributed by atoms with Gasteiger partial charge in [-0.05, 0) is 54.8 Å². The number of alkyl halides is 1. The summed E-state index contributed by atoms with van der Waals surface area (Å²) in [5, 5.41) is 25.2. The molecule has 0 saturated heterocycles. The molecule has 5 rings (SSSR count). The van der Waals surface area contributed by atoms with Gasteiger partial charge in [-0.15, -0.1) is 11.6 Å². The van der Waals surface area contributed by atoms with Gasteiger partial charge in [0.25, 0.3) is 0 Å². The molecule has 5 N–H and O–H groups in total. The monoisotopic (exact) mass is 612 g/mol. The maximum atomic E-state index is 11.5. The van der Waals surface area contributed by atoms with Crippen LogP contribution in [-0.2, 0) is 14.3 Å². The van der Waals surface area contributed by atoms with Gasteiger partial charge in [-0.1, -0.05) is 18.2 Å². The van der Waals surface area contributed by atoms with Crippen LogP contribution in [0.2, 0.25) is 0 Å². The van der Waals surface area contributed by atoms with Crippen molar-refractivity contribution in [3.05, 3.63) is 65.4 Å². The molecule has 1 aromatic heterocycles. The Morgan fingerprint density at radius 1 is 1.05 bits per heavy atom. The molecule has 0 fully saturated rings. The van der Waals surface area contributed by atoms with E-state index >= 15 is 0 Å². The number of ether oxygens (including phenoxy) is 3. The van der Waals surface area contributed by atoms with Crippen LogP contribution in [0.25, 0.3) is 21.7 Å². The first-order valence-corrected chi connectivity index (χ1v) is 15.1. The van der Waals surface area contributed by atoms with Crippen molar-refractivity contribution in [2.45, 2.75) is 19.1 Å². The van der Waals surface area contributed by atoms with E-state index in [0.29, 0.717) is 57.8 Å². The average molecular weight is 613 g/mol. The first-order chi connectivity index (χ1) is 20.9. The largest absolute Gasteiger partial charge is 0.507 e. The fourth-order valence-electron chi connectivity index (χ4n) is 5.70. The van der Waals surface area contributed by atoms with Crippen LogP contribution in [0.4, 0.5) is 5.69 Å². The van der Waals surface area contributed by atoms with E-state index in [1.807, 2.05) is 61.3 Å². The average Bonchev–Trinajstić information content (AvgIpc) is 3.59. The lowest BCUT2D eigenvalue weighted by atomic mass is 9.92. The second-order valence-corrected chi connectivity index (χ2v) is 11.2. The summed E-state index contributed by atoms with van der Waals surface area (Å²) in [6.07, 6.45) is -0.938. The molecule has 0 spiro atoms. The number of fused-ring (bicyclic) bond motifs is 4. The van der Waals surface area contributed by atoms with Gasteiger partial charge in [0.1, 0.15) is 18.1 Å². The Labute approximate surface area is 256 Å². The van der Waals surface area contributed by atoms with Crippen LogP contribution in [-0.4, -0.2) is 92.3 Å². The van der Waals surface area contributed by atoms with Crippen molar-refractivity contribution in [2.24, 2.45) is 5.90 Å². The number of phenolic OH excluding ortho intramolecular Hbond substituents is 1. The number of anilines is 1. The van der Waals surface area contributed by atoms with E-state index < -0.39 is 6.23 Å². The van der Waals surface area contributed by atoms with Crippen molar-refractivity contribution in [3.8, 4) is 11.5 Å². The Bertz CT molecular complexity index is 1510. The van der Waals surface area contributed by atoms with E-state index in [0.717, 1.165) is 57.3 Å². The maximum Gasteiger partial charge on any atom is 0.168 e. The third-order valence-corrected chi connectivity index (χ3v) is 8.32. The van der Waals surface area contributed by atoms with Crippen LogP contribution < -0.4 is 15.5 Å². The molecule has 1 aliphatic rings. The van der Waals surface area contributed by atoms with Crippen LogP contribution >= 0.6 is 11.6 Å². The van der Waals surface area contributed by atoms with Gasteiger partial charge >= 0.3 is 0 Å². The number of aromatic nitrogens is 1. The molecule has 4 aromatic rings. The van der Waals surface area contributed by atoms with Crippen LogP contribution in [0.1, 0.15) is 29.0 Å². The number of aryl methyl sites for hydroxylation is 1. The number of aromatic hydroxyl groups is 1. The summed E-state index contributed by atoms with van der Waals surface area (Å²) in [6.45, 7) is 7.12. The minimum atomic E-state index is -0.938. The number of H-pyrrole nitrogens is 1. The van der Waals surface area contributed by atoms with Crippen molar-refractivity contribution < 1.29 is 29.3 Å². The van der Waals surface area contributed by atoms with Crippen molar-refractivity contribution in [1.82, 2.24) is 9.88 Å². The molecule has 0 aliphatic carbocycles. The van der Waals surface area contributed by atoms with Crippen LogP contribution in [0.5, 0.6) is 11.5 Å². The van der Waals surface area contributed by atoms with E-state index in [-0.39, 0.29) is 11.7 Å². The molecule has 1 aliphatic heterocycles. The number of nitrogens with zero attached hydrogens (tertiary/aromatic N) is 2. The Morgan fingerprint density at radius 3 is 2.60 bits per heavy atom. The summed E-state index contributed by atoms with van der Waals surface area (Å²) < 4.78 is 16.9. The molecule has 10 nitrogen and oxygen atoms in total. The van der Waals surface area contributed by atoms with E-state index in [1.165, 1.54) is 0 Å². The third kappa shape index (κ3) is 7.18. The lowest BCUT2D eigenvalue weighted by molar-refractivity contribution is 0.0109. The standard InChI is InChI=1S/C32H41ClN4O6/c1-21-4-3-5-25-29(38)18-28-31(30(21)25)23(19-33)20-37(28)32(39)27-17-22-16-24(6-7-26(22)35-27)42-11-9-36(2)8-10-40-12-13-41-14-15-43-34/h3-7,16-18,23,32,35,38-39H,8-15,19-20,34H2,1-2H3/t23-,32?/m1/s1. The molecule has 0 saturated carbocycles. The van der Waals surface area contributed by atoms with Gasteiger partial charge in [0.05, 0.1) is 38.7 Å². The topological polar surface area (TPSA) is 126 Å². The molecule has 1 unspecified atom stereocenters. The Kier molecular flexibility index (Phi) is 10.6. The van der Waals surface area contributed by atoms with E-state index in [9.17, 15) is 10.2 Å². The summed E-state index contributed by atoms with van der Waals surface area (Å²) in [7, 11) is 2.03. The second-order valence-electron chi connectivity index (χ2n) is 10.9. The maximum absolute atomic E-state index is 11.5. The molecule has 3 aromatic carbocycles. The molecule has 43 heavy (non-hydrogen) atoms. The predicted molar refractivity (Wildman–Crippen MR) is 169 cm³/mol. The smallest absolute Gasteiger partial charge is 0.168 e. The lowest BCUT2D eigenvalue weighted by Gasteiger charge is -2.26. The highest BCUT2D eigenvalue weighted by atomic mass is 35.5. The number of hydrogen-bond acceptors (Lipinski definition) is 9. The third-order valence-electron chi connectivity index (χ3n) is 7.95. The molecule has 2 heterocycles. The minimum Gasteiger partial charge on any atom is -0.507 e. The van der Waals surface area contributed by atoms with Crippen molar-refractivity contribution in [3.63, 3.8) is 0 Å². The van der Waals surface area contributed by atoms with E-state index in [1.54, 1.807) is 6.07 Å². The highest BCUT2D eigenvalue weighted by Gasteiger charge is 2.35. The summed E-state index contributed by atoms with van der Waals surface area (Å²) in [5.74, 6) is 6.35. The number of aliphatic hydroxyl groups is 1. The Balaban J connectivity index is 1.19. The Hall–Kier alpha value is -3.09. The molecule has 0 bridgehead atoms. The fourth-order valence-corrected chi connectivity index (χ4v) is 5.95. The first kappa shape index (κ1) is 31.3. The quantitative estimate of drug-likeness (QED) is 0.0827. The number of halogens is 1. The number of benzene rings is 3. The fraction of sp³-hybridized carbons (Fsp3) is 0.438. The van der Waals surface area contributed by atoms with Gasteiger partial charge in [0, 0.05) is 59.5 Å². The van der Waals surface area contributed by atoms with E-state index in [4.69, 9.17) is 31.7 Å². The van der Waals surface area contributed by atoms with Crippen LogP contribution in [0.15, 0.2) is 48.5 Å². The summed E-state index contributed by atoms with van der Waals surface area (Å²) in [5.41, 5.74) is 4.52. The SMILES string of the molecule is Cc1cccc2c(O)cc3c(c12)[C@H](CCl)CN3C(O)c1cc2cc(OCCN(C)CCOCCOCCON)ccc2[nH]1. The number of likely N-dealkylation sites (N-methyl/N-ethyl adjacent to an activating group) is 1. The van der Waals surface area contributed by atoms with Gasteiger partial charge in [0.15, 0.2) is 6.23 Å². The summed E-state index contributed by atoms with van der Waals surface area (Å²) >= 11 is 6.43. The molecular weight excluding hydrogens is 572 g/mol. The zero-order chi connectivity index (χ0) is 30.3. The van der Waals surface area contributed by atoms with Gasteiger partial charge in [-0.3, -0.25) is 0 Å². The second kappa shape index (κ2) is 14.6. The van der Waals surface area contributed by atoms with Crippen molar-refractivity contribution in [2.75, 3.05) is 77.1 Å². The van der Waals surface area contributed by atoms with Gasteiger partial charge in [0.2, 0.25) is 0 Å². The van der Waals surface area contributed by atoms with Gasteiger partial charge in [-0.25, -0.2) is 5.90 Å². The molecule has 232 valence electrons. The zero-order valence-corrected chi connectivity index (χ0v) is 25.5. The van der Waals surface area contributed by atoms with Crippen molar-refractivity contribution in [1.29, 1.82) is 0 Å². The number of rotatable bonds is 16. The first-order valence-electron chi connectivity index (χ1n) is 14.6. The molecular formula is C32H41ClN4O6. The normalized spacial score (nSPS) is 15.6. The molecule has 0 radical (unpaired) electrons. The van der Waals surface area contributed by atoms with E-state index in [2.05, 4.69) is 14.7 Å². The highest BCUT2D eigenvalue weighted by Crippen LogP contribution is 2.48. The zero-order valence-electron chi connectivity index (χ0n) is 24.7. The summed E-state index contributed by atoms with van der Waals surface area (Å²) in [6, 6.07) is 15.5. The van der Waals surface area contributed by atoms with Gasteiger partial charge in [-0.2, -0.15) is 0 Å². The molecule has 0 amide bonds. The number of hydrogen-bond donors (Lipinski definition) is 4. The van der Waals surface area contributed by atoms with Gasteiger partial charge < -0.3 is 44.0 Å². The lowest BCUT2D eigenvalue weighted by Crippen LogP contribution is -2.28. The predicted octanol–water partition coefficient (Wildman–Crippen LogP) is 4.40. The minimum absolute atomic E-state index is 0.0283. The Morgan fingerprint density at radius 2 is 1.81 bits per heavy atom. The van der Waals surface area contributed by atoms with Crippen molar-refractivity contribution >= 4 is 39.0 Å².